The van der Waals surface area contributed by atoms with E-state index in [-0.39, 0.29) is 5.91 Å². The van der Waals surface area contributed by atoms with Crippen LogP contribution in [0.2, 0.25) is 5.15 Å². The number of nitrogens with one attached hydrogen (secondary N) is 1. The predicted molar refractivity (Wildman–Crippen MR) is 69.2 cm³/mol. The summed E-state index contributed by atoms with van der Waals surface area (Å²) in [5.41, 5.74) is 1.61. The first-order valence-electron chi connectivity index (χ1n) is 6.07. The molecule has 0 aliphatic heterocycles. The molecule has 92 valence electrons. The van der Waals surface area contributed by atoms with Crippen LogP contribution in [0.3, 0.4) is 0 Å². The van der Waals surface area contributed by atoms with Crippen LogP contribution >= 0.6 is 11.6 Å². The number of carbonyl (C=O) groups is 1. The van der Waals surface area contributed by atoms with Crippen molar-refractivity contribution in [1.82, 2.24) is 4.98 Å². The van der Waals surface area contributed by atoms with Crippen LogP contribution in [-0.4, -0.2) is 10.9 Å². The van der Waals surface area contributed by atoms with Gasteiger partial charge in [0.15, 0.2) is 5.15 Å². The van der Waals surface area contributed by atoms with Crippen molar-refractivity contribution in [3.8, 4) is 0 Å². The molecule has 1 saturated carbocycles. The number of halogens is 1. The Kier molecular flexibility index (Phi) is 4.00. The molecule has 1 aromatic rings. The third-order valence-corrected chi connectivity index (χ3v) is 3.50. The predicted octanol–water partition coefficient (Wildman–Crippen LogP) is 3.56. The van der Waals surface area contributed by atoms with Gasteiger partial charge in [0.1, 0.15) is 0 Å². The molecule has 2 rings (SSSR count). The van der Waals surface area contributed by atoms with Gasteiger partial charge in [0.25, 0.3) is 0 Å². The lowest BCUT2D eigenvalue weighted by Crippen LogP contribution is -2.15. The van der Waals surface area contributed by atoms with Crippen LogP contribution in [-0.2, 0) is 4.79 Å². The third kappa shape index (κ3) is 3.43. The maximum absolute atomic E-state index is 11.8. The third-order valence-electron chi connectivity index (χ3n) is 3.20. The van der Waals surface area contributed by atoms with E-state index in [1.165, 1.54) is 25.7 Å². The van der Waals surface area contributed by atoms with Crippen LogP contribution in [0.25, 0.3) is 0 Å². The van der Waals surface area contributed by atoms with Crippen LogP contribution in [0.15, 0.2) is 12.3 Å². The number of nitrogens with zero attached hydrogens (tertiary/aromatic N) is 1. The van der Waals surface area contributed by atoms with Gasteiger partial charge in [-0.3, -0.25) is 4.79 Å². The summed E-state index contributed by atoms with van der Waals surface area (Å²) < 4.78 is 0. The van der Waals surface area contributed by atoms with E-state index >= 15 is 0 Å². The highest BCUT2D eigenvalue weighted by Gasteiger charge is 2.18. The lowest BCUT2D eigenvalue weighted by Gasteiger charge is -2.10. The number of anilines is 1. The average Bonchev–Trinajstić information content (AvgIpc) is 2.76. The van der Waals surface area contributed by atoms with Crippen molar-refractivity contribution in [1.29, 1.82) is 0 Å². The van der Waals surface area contributed by atoms with Crippen LogP contribution in [0, 0.1) is 12.8 Å². The molecule has 0 bridgehead atoms. The van der Waals surface area contributed by atoms with Crippen molar-refractivity contribution >= 4 is 23.2 Å². The zero-order valence-electron chi connectivity index (χ0n) is 10.0. The van der Waals surface area contributed by atoms with Gasteiger partial charge in [0, 0.05) is 12.6 Å². The number of amides is 1. The molecule has 0 unspecified atom stereocenters. The summed E-state index contributed by atoms with van der Waals surface area (Å²) in [6, 6.07) is 1.85. The molecule has 1 aromatic heterocycles. The minimum atomic E-state index is 0.0474. The lowest BCUT2D eigenvalue weighted by molar-refractivity contribution is -0.117. The van der Waals surface area contributed by atoms with Crippen LogP contribution in [0.4, 0.5) is 5.69 Å². The number of pyridine rings is 1. The van der Waals surface area contributed by atoms with Gasteiger partial charge in [-0.2, -0.15) is 0 Å². The molecule has 1 aliphatic carbocycles. The zero-order valence-corrected chi connectivity index (χ0v) is 10.8. The second-order valence-electron chi connectivity index (χ2n) is 4.75. The highest BCUT2D eigenvalue weighted by molar-refractivity contribution is 6.32. The molecule has 0 saturated heterocycles. The van der Waals surface area contributed by atoms with E-state index in [4.69, 9.17) is 11.6 Å². The van der Waals surface area contributed by atoms with Gasteiger partial charge in [-0.15, -0.1) is 0 Å². The molecule has 1 N–H and O–H groups in total. The SMILES string of the molecule is Cc1cnc(Cl)c(NC(=O)CC2CCCC2)c1. The van der Waals surface area contributed by atoms with Crippen molar-refractivity contribution < 1.29 is 4.79 Å². The van der Waals surface area contributed by atoms with E-state index < -0.39 is 0 Å². The normalized spacial score (nSPS) is 16.1. The highest BCUT2D eigenvalue weighted by Crippen LogP contribution is 2.28. The summed E-state index contributed by atoms with van der Waals surface area (Å²) in [6.07, 6.45) is 7.15. The molecule has 17 heavy (non-hydrogen) atoms. The van der Waals surface area contributed by atoms with Gasteiger partial charge in [-0.1, -0.05) is 24.4 Å². The summed E-state index contributed by atoms with van der Waals surface area (Å²) >= 11 is 5.93. The standard InChI is InChI=1S/C13H17ClN2O/c1-9-6-11(13(14)15-8-9)16-12(17)7-10-4-2-3-5-10/h6,8,10H,2-5,7H2,1H3,(H,16,17). The van der Waals surface area contributed by atoms with Crippen LogP contribution < -0.4 is 5.32 Å². The molecule has 0 atom stereocenters. The first-order chi connectivity index (χ1) is 8.15. The molecular weight excluding hydrogens is 236 g/mol. The highest BCUT2D eigenvalue weighted by atomic mass is 35.5. The summed E-state index contributed by atoms with van der Waals surface area (Å²) in [4.78, 5) is 15.8. The minimum Gasteiger partial charge on any atom is -0.323 e. The van der Waals surface area contributed by atoms with Crippen molar-refractivity contribution in [2.75, 3.05) is 5.32 Å². The Bertz CT molecular complexity index is 414. The number of hydrogen-bond donors (Lipinski definition) is 1. The van der Waals surface area contributed by atoms with Crippen molar-refractivity contribution in [3.05, 3.63) is 23.0 Å². The quantitative estimate of drug-likeness (QED) is 0.836. The van der Waals surface area contributed by atoms with E-state index in [9.17, 15) is 4.79 Å². The van der Waals surface area contributed by atoms with E-state index in [2.05, 4.69) is 10.3 Å². The van der Waals surface area contributed by atoms with Crippen molar-refractivity contribution in [2.24, 2.45) is 5.92 Å². The van der Waals surface area contributed by atoms with Crippen LogP contribution in [0.1, 0.15) is 37.7 Å². The topological polar surface area (TPSA) is 42.0 Å². The summed E-state index contributed by atoms with van der Waals surface area (Å²) in [7, 11) is 0. The number of hydrogen-bond acceptors (Lipinski definition) is 2. The van der Waals surface area contributed by atoms with Gasteiger partial charge < -0.3 is 5.32 Å². The van der Waals surface area contributed by atoms with Gasteiger partial charge in [-0.05, 0) is 37.3 Å². The zero-order chi connectivity index (χ0) is 12.3. The Morgan fingerprint density at radius 3 is 2.94 bits per heavy atom. The second kappa shape index (κ2) is 5.50. The fourth-order valence-electron chi connectivity index (χ4n) is 2.32. The Morgan fingerprint density at radius 1 is 1.53 bits per heavy atom. The van der Waals surface area contributed by atoms with Gasteiger partial charge in [0.2, 0.25) is 5.91 Å². The lowest BCUT2D eigenvalue weighted by atomic mass is 10.0. The first-order valence-corrected chi connectivity index (χ1v) is 6.45. The fraction of sp³-hybridized carbons (Fsp3) is 0.538. The molecule has 1 heterocycles. The van der Waals surface area contributed by atoms with Crippen LogP contribution in [0.5, 0.6) is 0 Å². The minimum absolute atomic E-state index is 0.0474. The Balaban J connectivity index is 1.95. The van der Waals surface area contributed by atoms with Gasteiger partial charge >= 0.3 is 0 Å². The smallest absolute Gasteiger partial charge is 0.224 e. The number of aryl methyl sites for hydroxylation is 1. The average molecular weight is 253 g/mol. The van der Waals surface area contributed by atoms with E-state index in [1.807, 2.05) is 13.0 Å². The molecule has 1 amide bonds. The summed E-state index contributed by atoms with van der Waals surface area (Å²) in [5.74, 6) is 0.595. The molecular formula is C13H17ClN2O. The Morgan fingerprint density at radius 2 is 2.24 bits per heavy atom. The maximum atomic E-state index is 11.8. The fourth-order valence-corrected chi connectivity index (χ4v) is 2.47. The van der Waals surface area contributed by atoms with Gasteiger partial charge in [-0.25, -0.2) is 4.98 Å². The molecule has 0 spiro atoms. The monoisotopic (exact) mass is 252 g/mol. The van der Waals surface area contributed by atoms with E-state index in [1.54, 1.807) is 6.20 Å². The number of carbonyl (C=O) groups excluding carboxylic acids is 1. The first kappa shape index (κ1) is 12.4. The molecule has 4 heteroatoms. The Labute approximate surface area is 107 Å². The van der Waals surface area contributed by atoms with Crippen molar-refractivity contribution in [2.45, 2.75) is 39.0 Å². The molecule has 1 fully saturated rings. The Hall–Kier alpha value is -1.09. The van der Waals surface area contributed by atoms with E-state index in [0.29, 0.717) is 23.2 Å². The van der Waals surface area contributed by atoms with Gasteiger partial charge in [0.05, 0.1) is 5.69 Å². The number of rotatable bonds is 3. The maximum Gasteiger partial charge on any atom is 0.224 e. The molecule has 1 aliphatic rings. The molecule has 0 aromatic carbocycles. The molecule has 0 radical (unpaired) electrons. The van der Waals surface area contributed by atoms with Crippen molar-refractivity contribution in [3.63, 3.8) is 0 Å². The number of aromatic nitrogens is 1. The molecule has 3 nitrogen and oxygen atoms in total. The second-order valence-corrected chi connectivity index (χ2v) is 5.11. The summed E-state index contributed by atoms with van der Waals surface area (Å²) in [5, 5.41) is 3.20. The summed E-state index contributed by atoms with van der Waals surface area (Å²) in [6.45, 7) is 1.93. The largest absolute Gasteiger partial charge is 0.323 e. The van der Waals surface area contributed by atoms with E-state index in [0.717, 1.165) is 5.56 Å².